The summed E-state index contributed by atoms with van der Waals surface area (Å²) < 4.78 is 36.4. The topological polar surface area (TPSA) is 29.1 Å². The Hall–Kier alpha value is -0.500. The van der Waals surface area contributed by atoms with Crippen LogP contribution in [0.4, 0.5) is 13.2 Å². The van der Waals surface area contributed by atoms with Gasteiger partial charge in [-0.2, -0.15) is 13.2 Å². The van der Waals surface area contributed by atoms with E-state index in [2.05, 4.69) is 5.32 Å². The molecule has 0 saturated carbocycles. The first-order chi connectivity index (χ1) is 8.29. The van der Waals surface area contributed by atoms with Crippen molar-refractivity contribution in [1.82, 2.24) is 5.32 Å². The van der Waals surface area contributed by atoms with Crippen LogP contribution in [0.5, 0.6) is 0 Å². The second-order valence-corrected chi connectivity index (χ2v) is 5.20. The highest BCUT2D eigenvalue weighted by atomic mass is 127. The lowest BCUT2D eigenvalue weighted by Crippen LogP contribution is -2.26. The van der Waals surface area contributed by atoms with Crippen molar-refractivity contribution in [3.63, 3.8) is 0 Å². The first kappa shape index (κ1) is 15.6. The van der Waals surface area contributed by atoms with Crippen molar-refractivity contribution in [2.24, 2.45) is 0 Å². The van der Waals surface area contributed by atoms with Crippen LogP contribution in [-0.2, 0) is 0 Å². The van der Waals surface area contributed by atoms with Crippen LogP contribution in [0.1, 0.15) is 23.2 Å². The van der Waals surface area contributed by atoms with Crippen LogP contribution < -0.4 is 5.32 Å². The molecule has 0 spiro atoms. The van der Waals surface area contributed by atoms with Crippen molar-refractivity contribution in [1.29, 1.82) is 0 Å². The molecule has 0 heterocycles. The molecule has 0 unspecified atom stereocenters. The van der Waals surface area contributed by atoms with Crippen molar-refractivity contribution in [3.05, 3.63) is 32.4 Å². The first-order valence-electron chi connectivity index (χ1n) is 5.09. The standard InChI is InChI=1S/C11H10ClF3INO/c12-7-2-3-9(16)8(6-7)10(18)17-5-1-4-11(13,14)15/h2-3,6H,1,4-5H2,(H,17,18). The maximum atomic E-state index is 11.9. The largest absolute Gasteiger partial charge is 0.389 e. The van der Waals surface area contributed by atoms with Crippen LogP contribution in [0.25, 0.3) is 0 Å². The van der Waals surface area contributed by atoms with Gasteiger partial charge in [0.05, 0.1) is 5.56 Å². The van der Waals surface area contributed by atoms with Crippen molar-refractivity contribution >= 4 is 40.1 Å². The molecule has 1 amide bonds. The van der Waals surface area contributed by atoms with Gasteiger partial charge in [0.25, 0.3) is 5.91 Å². The molecule has 1 N–H and O–H groups in total. The quantitative estimate of drug-likeness (QED) is 0.610. The monoisotopic (exact) mass is 391 g/mol. The normalized spacial score (nSPS) is 11.4. The van der Waals surface area contributed by atoms with Crippen LogP contribution in [-0.4, -0.2) is 18.6 Å². The Kier molecular flexibility index (Phi) is 5.71. The minimum atomic E-state index is -4.19. The van der Waals surface area contributed by atoms with E-state index in [0.29, 0.717) is 14.2 Å². The van der Waals surface area contributed by atoms with Gasteiger partial charge in [0, 0.05) is 21.6 Å². The number of halogens is 5. The minimum Gasteiger partial charge on any atom is -0.352 e. The molecule has 0 radical (unpaired) electrons. The average Bonchev–Trinajstić information content (AvgIpc) is 2.26. The van der Waals surface area contributed by atoms with Gasteiger partial charge in [-0.3, -0.25) is 4.79 Å². The van der Waals surface area contributed by atoms with E-state index in [9.17, 15) is 18.0 Å². The van der Waals surface area contributed by atoms with E-state index < -0.39 is 18.5 Å². The third-order valence-electron chi connectivity index (χ3n) is 2.10. The zero-order valence-electron chi connectivity index (χ0n) is 9.15. The summed E-state index contributed by atoms with van der Waals surface area (Å²) in [5.41, 5.74) is 0.370. The molecule has 0 aliphatic heterocycles. The molecule has 1 aromatic rings. The maximum Gasteiger partial charge on any atom is 0.389 e. The molecule has 100 valence electrons. The Morgan fingerprint density at radius 2 is 2.06 bits per heavy atom. The number of hydrogen-bond donors (Lipinski definition) is 1. The molecule has 0 atom stereocenters. The molecule has 0 fully saturated rings. The zero-order valence-corrected chi connectivity index (χ0v) is 12.1. The number of amides is 1. The van der Waals surface area contributed by atoms with Crippen LogP contribution in [0.2, 0.25) is 5.02 Å². The number of carbonyl (C=O) groups excluding carboxylic acids is 1. The molecule has 0 aromatic heterocycles. The highest BCUT2D eigenvalue weighted by molar-refractivity contribution is 14.1. The summed E-state index contributed by atoms with van der Waals surface area (Å²) >= 11 is 7.72. The molecule has 1 aromatic carbocycles. The lowest BCUT2D eigenvalue weighted by Gasteiger charge is -2.08. The minimum absolute atomic E-state index is 0.0130. The second kappa shape index (κ2) is 6.60. The summed E-state index contributed by atoms with van der Waals surface area (Å²) in [6.07, 6.45) is -5.22. The lowest BCUT2D eigenvalue weighted by atomic mass is 10.2. The summed E-state index contributed by atoms with van der Waals surface area (Å²) in [5, 5.41) is 2.85. The van der Waals surface area contributed by atoms with Crippen LogP contribution >= 0.6 is 34.2 Å². The van der Waals surface area contributed by atoms with Gasteiger partial charge < -0.3 is 5.32 Å². The van der Waals surface area contributed by atoms with Crippen LogP contribution in [0, 0.1) is 3.57 Å². The number of alkyl halides is 3. The predicted octanol–water partition coefficient (Wildman–Crippen LogP) is 4.02. The number of benzene rings is 1. The Bertz CT molecular complexity index is 437. The van der Waals surface area contributed by atoms with E-state index in [4.69, 9.17) is 11.6 Å². The fourth-order valence-electron chi connectivity index (χ4n) is 1.26. The Morgan fingerprint density at radius 3 is 2.67 bits per heavy atom. The lowest BCUT2D eigenvalue weighted by molar-refractivity contribution is -0.135. The van der Waals surface area contributed by atoms with Gasteiger partial charge in [0.2, 0.25) is 0 Å². The molecule has 0 bridgehead atoms. The average molecular weight is 392 g/mol. The van der Waals surface area contributed by atoms with Gasteiger partial charge in [-0.25, -0.2) is 0 Å². The van der Waals surface area contributed by atoms with Crippen molar-refractivity contribution in [2.75, 3.05) is 6.54 Å². The van der Waals surface area contributed by atoms with Crippen molar-refractivity contribution < 1.29 is 18.0 Å². The molecule has 2 nitrogen and oxygen atoms in total. The van der Waals surface area contributed by atoms with E-state index in [0.717, 1.165) is 0 Å². The van der Waals surface area contributed by atoms with Gasteiger partial charge in [-0.1, -0.05) is 11.6 Å². The van der Waals surface area contributed by atoms with E-state index in [1.807, 2.05) is 22.6 Å². The van der Waals surface area contributed by atoms with Crippen LogP contribution in [0.3, 0.4) is 0 Å². The number of nitrogens with one attached hydrogen (secondary N) is 1. The Labute approximate surface area is 121 Å². The third-order valence-corrected chi connectivity index (χ3v) is 3.27. The number of rotatable bonds is 4. The molecule has 0 aliphatic carbocycles. The fourth-order valence-corrected chi connectivity index (χ4v) is 2.01. The van der Waals surface area contributed by atoms with Crippen LogP contribution in [0.15, 0.2) is 18.2 Å². The third kappa shape index (κ3) is 5.43. The second-order valence-electron chi connectivity index (χ2n) is 3.60. The van der Waals surface area contributed by atoms with E-state index in [1.165, 1.54) is 6.07 Å². The number of carbonyl (C=O) groups is 1. The summed E-state index contributed by atoms with van der Waals surface area (Å²) in [6, 6.07) is 4.81. The molecule has 1 rings (SSSR count). The SMILES string of the molecule is O=C(NCCCC(F)(F)F)c1cc(Cl)ccc1I. The summed E-state index contributed by atoms with van der Waals surface area (Å²) in [7, 11) is 0. The summed E-state index contributed by atoms with van der Waals surface area (Å²) in [4.78, 5) is 11.7. The highest BCUT2D eigenvalue weighted by Crippen LogP contribution is 2.21. The van der Waals surface area contributed by atoms with Gasteiger partial charge in [-0.15, -0.1) is 0 Å². The number of hydrogen-bond acceptors (Lipinski definition) is 1. The smallest absolute Gasteiger partial charge is 0.352 e. The van der Waals surface area contributed by atoms with E-state index in [1.54, 1.807) is 12.1 Å². The van der Waals surface area contributed by atoms with Gasteiger partial charge in [0.15, 0.2) is 0 Å². The molecule has 7 heteroatoms. The summed E-state index contributed by atoms with van der Waals surface area (Å²) in [5.74, 6) is -0.413. The van der Waals surface area contributed by atoms with Gasteiger partial charge >= 0.3 is 6.18 Å². The van der Waals surface area contributed by atoms with Crippen molar-refractivity contribution in [2.45, 2.75) is 19.0 Å². The molecule has 0 saturated heterocycles. The first-order valence-corrected chi connectivity index (χ1v) is 6.55. The summed E-state index contributed by atoms with van der Waals surface area (Å²) in [6.45, 7) is -0.0130. The van der Waals surface area contributed by atoms with Gasteiger partial charge in [-0.05, 0) is 47.2 Å². The molecular weight excluding hydrogens is 381 g/mol. The van der Waals surface area contributed by atoms with E-state index in [-0.39, 0.29) is 13.0 Å². The Balaban J connectivity index is 2.48. The fraction of sp³-hybridized carbons (Fsp3) is 0.364. The highest BCUT2D eigenvalue weighted by Gasteiger charge is 2.26. The maximum absolute atomic E-state index is 11.9. The van der Waals surface area contributed by atoms with Crippen molar-refractivity contribution in [3.8, 4) is 0 Å². The molecule has 18 heavy (non-hydrogen) atoms. The van der Waals surface area contributed by atoms with E-state index >= 15 is 0 Å². The predicted molar refractivity (Wildman–Crippen MR) is 71.8 cm³/mol. The Morgan fingerprint density at radius 1 is 1.39 bits per heavy atom. The molecular formula is C11H10ClF3INO. The zero-order chi connectivity index (χ0) is 13.8. The molecule has 0 aliphatic rings. The van der Waals surface area contributed by atoms with Gasteiger partial charge in [0.1, 0.15) is 0 Å².